The second kappa shape index (κ2) is 10.6. The number of phenols is 3. The molecule has 5 heteroatoms. The summed E-state index contributed by atoms with van der Waals surface area (Å²) in [6.07, 6.45) is 8.00. The normalized spacial score (nSPS) is 12.5. The van der Waals surface area contributed by atoms with Crippen LogP contribution in [0.1, 0.15) is 69.3 Å². The summed E-state index contributed by atoms with van der Waals surface area (Å²) < 4.78 is 0. The summed E-state index contributed by atoms with van der Waals surface area (Å²) in [5.41, 5.74) is 2.34. The van der Waals surface area contributed by atoms with Crippen LogP contribution in [0.4, 0.5) is 0 Å². The van der Waals surface area contributed by atoms with E-state index in [1.807, 2.05) is 6.92 Å². The first-order valence-corrected chi connectivity index (χ1v) is 9.21. The number of Topliss-reactive ketones (excluding diaryl/α,β-unsaturated/α-hetero) is 1. The largest absolute Gasteiger partial charge is 0.507 e. The fourth-order valence-corrected chi connectivity index (χ4v) is 2.76. The van der Waals surface area contributed by atoms with E-state index in [0.717, 1.165) is 25.3 Å². The van der Waals surface area contributed by atoms with E-state index < -0.39 is 22.8 Å². The van der Waals surface area contributed by atoms with Gasteiger partial charge in [0.2, 0.25) is 0 Å². The van der Waals surface area contributed by atoms with Crippen molar-refractivity contribution in [2.75, 3.05) is 0 Å². The molecule has 3 N–H and O–H groups in total. The van der Waals surface area contributed by atoms with Gasteiger partial charge in [-0.3, -0.25) is 9.59 Å². The van der Waals surface area contributed by atoms with E-state index in [2.05, 4.69) is 32.9 Å². The molecule has 1 rings (SSSR count). The summed E-state index contributed by atoms with van der Waals surface area (Å²) in [5, 5.41) is 29.2. The van der Waals surface area contributed by atoms with Gasteiger partial charge in [0, 0.05) is 17.9 Å². The SMILES string of the molecule is CC(C)=CCC/C(C)=C/CC[C@@H](C)C(=O)Cc1cc(O)c(O)c(C=O)c1O. The highest BCUT2D eigenvalue weighted by atomic mass is 16.3. The maximum absolute atomic E-state index is 12.4. The van der Waals surface area contributed by atoms with Gasteiger partial charge in [-0.1, -0.05) is 30.2 Å². The van der Waals surface area contributed by atoms with E-state index in [1.165, 1.54) is 11.1 Å². The molecular weight excluding hydrogens is 344 g/mol. The molecule has 5 nitrogen and oxygen atoms in total. The number of carbonyl (C=O) groups excluding carboxylic acids is 2. The average Bonchev–Trinajstić information content (AvgIpc) is 2.59. The number of aldehydes is 1. The maximum Gasteiger partial charge on any atom is 0.171 e. The van der Waals surface area contributed by atoms with Crippen molar-refractivity contribution in [3.05, 3.63) is 40.5 Å². The Morgan fingerprint density at radius 2 is 1.74 bits per heavy atom. The van der Waals surface area contributed by atoms with Gasteiger partial charge in [0.1, 0.15) is 17.1 Å². The number of hydrogen-bond acceptors (Lipinski definition) is 5. The number of benzene rings is 1. The quantitative estimate of drug-likeness (QED) is 0.236. The molecule has 0 heterocycles. The van der Waals surface area contributed by atoms with E-state index in [9.17, 15) is 24.9 Å². The molecule has 0 spiro atoms. The van der Waals surface area contributed by atoms with E-state index in [-0.39, 0.29) is 30.0 Å². The lowest BCUT2D eigenvalue weighted by atomic mass is 9.93. The number of ketones is 1. The number of phenolic OH excluding ortho intramolecular Hbond substituents is 3. The minimum atomic E-state index is -0.680. The van der Waals surface area contributed by atoms with Crippen molar-refractivity contribution in [1.82, 2.24) is 0 Å². The summed E-state index contributed by atoms with van der Waals surface area (Å²) in [7, 11) is 0. The van der Waals surface area contributed by atoms with Crippen LogP contribution in [0.25, 0.3) is 0 Å². The minimum Gasteiger partial charge on any atom is -0.507 e. The highest BCUT2D eigenvalue weighted by Crippen LogP contribution is 2.37. The van der Waals surface area contributed by atoms with Gasteiger partial charge in [-0.15, -0.1) is 0 Å². The number of allylic oxidation sites excluding steroid dienone is 4. The van der Waals surface area contributed by atoms with Crippen molar-refractivity contribution in [1.29, 1.82) is 0 Å². The standard InChI is InChI=1S/C22H30O5/c1-14(2)7-5-8-15(3)9-6-10-16(4)19(24)11-17-12-20(25)22(27)18(13-23)21(17)26/h7,9,12-13,16,25-27H,5-6,8,10-11H2,1-4H3/b15-9+/t16-/m1/s1. The van der Waals surface area contributed by atoms with Gasteiger partial charge in [0.05, 0.1) is 0 Å². The van der Waals surface area contributed by atoms with Crippen molar-refractivity contribution in [3.8, 4) is 17.2 Å². The van der Waals surface area contributed by atoms with Crippen molar-refractivity contribution < 1.29 is 24.9 Å². The maximum atomic E-state index is 12.4. The van der Waals surface area contributed by atoms with Crippen LogP contribution in [0.5, 0.6) is 17.2 Å². The van der Waals surface area contributed by atoms with Crippen LogP contribution in [-0.2, 0) is 11.2 Å². The first-order valence-electron chi connectivity index (χ1n) is 9.21. The van der Waals surface area contributed by atoms with Gasteiger partial charge < -0.3 is 15.3 Å². The van der Waals surface area contributed by atoms with Crippen molar-refractivity contribution in [2.45, 2.75) is 59.8 Å². The smallest absolute Gasteiger partial charge is 0.171 e. The third kappa shape index (κ3) is 6.93. The van der Waals surface area contributed by atoms with Crippen LogP contribution in [0.15, 0.2) is 29.4 Å². The van der Waals surface area contributed by atoms with Gasteiger partial charge in [0.25, 0.3) is 0 Å². The Bertz CT molecular complexity index is 740. The van der Waals surface area contributed by atoms with E-state index in [0.29, 0.717) is 6.42 Å². The zero-order chi connectivity index (χ0) is 20.6. The summed E-state index contributed by atoms with van der Waals surface area (Å²) in [5.74, 6) is -1.98. The molecule has 0 unspecified atom stereocenters. The molecule has 1 aromatic rings. The molecule has 0 fully saturated rings. The van der Waals surface area contributed by atoms with Crippen LogP contribution in [0.3, 0.4) is 0 Å². The summed E-state index contributed by atoms with van der Waals surface area (Å²) >= 11 is 0. The topological polar surface area (TPSA) is 94.8 Å². The average molecular weight is 374 g/mol. The Morgan fingerprint density at radius 1 is 1.07 bits per heavy atom. The molecule has 0 aromatic heterocycles. The zero-order valence-electron chi connectivity index (χ0n) is 16.6. The lowest BCUT2D eigenvalue weighted by Gasteiger charge is -2.13. The summed E-state index contributed by atoms with van der Waals surface area (Å²) in [6, 6.07) is 1.12. The molecule has 1 aromatic carbocycles. The first kappa shape index (κ1) is 22.5. The van der Waals surface area contributed by atoms with Crippen molar-refractivity contribution in [2.24, 2.45) is 5.92 Å². The fraction of sp³-hybridized carbons (Fsp3) is 0.455. The molecular formula is C22H30O5. The van der Waals surface area contributed by atoms with Gasteiger partial charge in [-0.2, -0.15) is 0 Å². The van der Waals surface area contributed by atoms with Crippen molar-refractivity contribution in [3.63, 3.8) is 0 Å². The lowest BCUT2D eigenvalue weighted by molar-refractivity contribution is -0.121. The summed E-state index contributed by atoms with van der Waals surface area (Å²) in [4.78, 5) is 23.4. The third-order valence-electron chi connectivity index (χ3n) is 4.58. The van der Waals surface area contributed by atoms with Gasteiger partial charge in [0.15, 0.2) is 17.8 Å². The van der Waals surface area contributed by atoms with Crippen LogP contribution < -0.4 is 0 Å². The zero-order valence-corrected chi connectivity index (χ0v) is 16.6. The Hall–Kier alpha value is -2.56. The number of rotatable bonds is 10. The Labute approximate surface area is 161 Å². The van der Waals surface area contributed by atoms with Gasteiger partial charge in [-0.25, -0.2) is 0 Å². The molecule has 148 valence electrons. The molecule has 0 bridgehead atoms. The second-order valence-corrected chi connectivity index (χ2v) is 7.28. The second-order valence-electron chi connectivity index (χ2n) is 7.28. The highest BCUT2D eigenvalue weighted by molar-refractivity contribution is 5.89. The molecule has 0 radical (unpaired) electrons. The molecule has 1 atom stereocenters. The predicted octanol–water partition coefficient (Wildman–Crippen LogP) is 4.84. The third-order valence-corrected chi connectivity index (χ3v) is 4.58. The lowest BCUT2D eigenvalue weighted by Crippen LogP contribution is -2.14. The number of hydrogen-bond donors (Lipinski definition) is 3. The molecule has 0 amide bonds. The number of aromatic hydroxyl groups is 3. The summed E-state index contributed by atoms with van der Waals surface area (Å²) in [6.45, 7) is 8.07. The van der Waals surface area contributed by atoms with Crippen LogP contribution in [0.2, 0.25) is 0 Å². The van der Waals surface area contributed by atoms with E-state index >= 15 is 0 Å². The minimum absolute atomic E-state index is 0.0946. The first-order chi connectivity index (χ1) is 12.7. The Kier molecular flexibility index (Phi) is 8.79. The molecule has 0 saturated carbocycles. The number of carbonyl (C=O) groups is 2. The molecule has 0 aliphatic heterocycles. The molecule has 0 saturated heterocycles. The van der Waals surface area contributed by atoms with Gasteiger partial charge >= 0.3 is 0 Å². The highest BCUT2D eigenvalue weighted by Gasteiger charge is 2.20. The van der Waals surface area contributed by atoms with E-state index in [1.54, 1.807) is 0 Å². The van der Waals surface area contributed by atoms with Crippen LogP contribution in [-0.4, -0.2) is 27.4 Å². The fourth-order valence-electron chi connectivity index (χ4n) is 2.76. The van der Waals surface area contributed by atoms with Gasteiger partial charge in [-0.05, 0) is 52.5 Å². The monoisotopic (exact) mass is 374 g/mol. The van der Waals surface area contributed by atoms with E-state index in [4.69, 9.17) is 0 Å². The van der Waals surface area contributed by atoms with Crippen molar-refractivity contribution >= 4 is 12.1 Å². The van der Waals surface area contributed by atoms with Crippen LogP contribution >= 0.6 is 0 Å². The molecule has 0 aliphatic rings. The van der Waals surface area contributed by atoms with Crippen LogP contribution in [0, 0.1) is 5.92 Å². The molecule has 0 aliphatic carbocycles. The molecule has 27 heavy (non-hydrogen) atoms. The predicted molar refractivity (Wildman–Crippen MR) is 106 cm³/mol. The Balaban J connectivity index is 2.64. The Morgan fingerprint density at radius 3 is 2.33 bits per heavy atom.